The molecule has 1 aliphatic heterocycles. The molecule has 1 heterocycles. The van der Waals surface area contributed by atoms with Gasteiger partial charge in [-0.1, -0.05) is 6.42 Å². The summed E-state index contributed by atoms with van der Waals surface area (Å²) >= 11 is 0. The highest BCUT2D eigenvalue weighted by molar-refractivity contribution is 5.78. The molecule has 3 fully saturated rings. The van der Waals surface area contributed by atoms with Gasteiger partial charge in [0.2, 0.25) is 5.91 Å². The first-order valence-corrected chi connectivity index (χ1v) is 7.24. The molecule has 1 saturated heterocycles. The Kier molecular flexibility index (Phi) is 2.89. The molecule has 3 rings (SSSR count). The Hall–Kier alpha value is -0.570. The minimum atomic E-state index is 0.290. The number of fused-ring (bicyclic) bond motifs is 1. The monoisotopic (exact) mass is 236 g/mol. The van der Waals surface area contributed by atoms with Gasteiger partial charge in [-0.15, -0.1) is 0 Å². The summed E-state index contributed by atoms with van der Waals surface area (Å²) < 4.78 is 0. The molecule has 17 heavy (non-hydrogen) atoms. The fourth-order valence-electron chi connectivity index (χ4n) is 3.79. The average Bonchev–Trinajstić information content (AvgIpc) is 2.91. The summed E-state index contributed by atoms with van der Waals surface area (Å²) in [7, 11) is 0. The Morgan fingerprint density at radius 2 is 1.65 bits per heavy atom. The van der Waals surface area contributed by atoms with Crippen molar-refractivity contribution in [2.45, 2.75) is 64.5 Å². The molecule has 1 N–H and O–H groups in total. The number of hydrogen-bond acceptors (Lipinski definition) is 2. The van der Waals surface area contributed by atoms with Crippen molar-refractivity contribution in [3.8, 4) is 0 Å². The highest BCUT2D eigenvalue weighted by Crippen LogP contribution is 2.54. The molecule has 96 valence electrons. The average molecular weight is 236 g/mol. The second-order valence-electron chi connectivity index (χ2n) is 6.44. The zero-order valence-corrected chi connectivity index (χ0v) is 11.0. The van der Waals surface area contributed by atoms with E-state index in [-0.39, 0.29) is 5.91 Å². The molecule has 0 aromatic heterocycles. The van der Waals surface area contributed by atoms with E-state index in [9.17, 15) is 4.79 Å². The van der Waals surface area contributed by atoms with Crippen molar-refractivity contribution in [2.75, 3.05) is 0 Å². The van der Waals surface area contributed by atoms with Crippen molar-refractivity contribution < 1.29 is 4.79 Å². The van der Waals surface area contributed by atoms with Crippen LogP contribution < -0.4 is 5.43 Å². The first-order valence-electron chi connectivity index (χ1n) is 7.24. The van der Waals surface area contributed by atoms with Crippen LogP contribution in [0.4, 0.5) is 0 Å². The van der Waals surface area contributed by atoms with E-state index in [1.54, 1.807) is 0 Å². The lowest BCUT2D eigenvalue weighted by Gasteiger charge is -2.39. The van der Waals surface area contributed by atoms with Crippen LogP contribution in [-0.2, 0) is 4.79 Å². The molecule has 0 radical (unpaired) electrons. The Labute approximate surface area is 104 Å². The van der Waals surface area contributed by atoms with Gasteiger partial charge in [0, 0.05) is 18.0 Å². The zero-order chi connectivity index (χ0) is 12.0. The van der Waals surface area contributed by atoms with Crippen molar-refractivity contribution >= 4 is 5.91 Å². The van der Waals surface area contributed by atoms with E-state index in [0.717, 1.165) is 24.7 Å². The van der Waals surface area contributed by atoms with Crippen LogP contribution in [0.2, 0.25) is 0 Å². The van der Waals surface area contributed by atoms with Gasteiger partial charge in [-0.2, -0.15) is 0 Å². The fraction of sp³-hybridized carbons (Fsp3) is 0.929. The van der Waals surface area contributed by atoms with Gasteiger partial charge in [0.15, 0.2) is 0 Å². The molecule has 3 aliphatic rings. The molecule has 4 atom stereocenters. The quantitative estimate of drug-likeness (QED) is 0.798. The molecule has 2 aliphatic carbocycles. The molecule has 1 amide bonds. The molecule has 0 spiro atoms. The Morgan fingerprint density at radius 1 is 1.06 bits per heavy atom. The van der Waals surface area contributed by atoms with Crippen LogP contribution in [0.1, 0.15) is 52.4 Å². The number of hydrogen-bond donors (Lipinski definition) is 1. The van der Waals surface area contributed by atoms with Crippen molar-refractivity contribution in [3.05, 3.63) is 0 Å². The van der Waals surface area contributed by atoms with E-state index in [1.165, 1.54) is 25.7 Å². The van der Waals surface area contributed by atoms with E-state index in [2.05, 4.69) is 24.3 Å². The summed E-state index contributed by atoms with van der Waals surface area (Å²) in [6.45, 7) is 4.45. The minimum absolute atomic E-state index is 0.290. The number of rotatable bonds is 2. The number of carbonyl (C=O) groups excluding carboxylic acids is 1. The highest BCUT2D eigenvalue weighted by atomic mass is 16.2. The summed E-state index contributed by atoms with van der Waals surface area (Å²) in [6, 6.07) is 0.997. The Bertz CT molecular complexity index is 297. The van der Waals surface area contributed by atoms with Crippen LogP contribution in [-0.4, -0.2) is 23.0 Å². The summed E-state index contributed by atoms with van der Waals surface area (Å²) in [6.07, 6.45) is 7.39. The lowest BCUT2D eigenvalue weighted by molar-refractivity contribution is -0.133. The highest BCUT2D eigenvalue weighted by Gasteiger charge is 2.48. The van der Waals surface area contributed by atoms with Gasteiger partial charge >= 0.3 is 0 Å². The number of nitrogens with one attached hydrogen (secondary N) is 1. The summed E-state index contributed by atoms with van der Waals surface area (Å²) in [5, 5.41) is 2.20. The molecule has 0 bridgehead atoms. The predicted molar refractivity (Wildman–Crippen MR) is 67.1 cm³/mol. The first-order chi connectivity index (χ1) is 8.15. The maximum absolute atomic E-state index is 12.2. The van der Waals surface area contributed by atoms with Gasteiger partial charge in [0.1, 0.15) is 0 Å². The zero-order valence-electron chi connectivity index (χ0n) is 11.0. The van der Waals surface area contributed by atoms with Crippen LogP contribution in [0.25, 0.3) is 0 Å². The summed E-state index contributed by atoms with van der Waals surface area (Å²) in [5.41, 5.74) is 3.20. The van der Waals surface area contributed by atoms with E-state index < -0.39 is 0 Å². The largest absolute Gasteiger partial charge is 0.288 e. The standard InChI is InChI=1S/C14H24N2O/c1-9-4-3-5-10(2)16(9)15-14(17)13-7-11-6-12(11)8-13/h9-13H,3-8H2,1-2H3,(H,15,17). The van der Waals surface area contributed by atoms with Gasteiger partial charge in [0.05, 0.1) is 0 Å². The van der Waals surface area contributed by atoms with Gasteiger partial charge in [0.25, 0.3) is 0 Å². The normalized spacial score (nSPS) is 45.4. The maximum Gasteiger partial charge on any atom is 0.237 e. The van der Waals surface area contributed by atoms with Crippen LogP contribution in [0.3, 0.4) is 0 Å². The molecule has 0 aromatic rings. The third kappa shape index (κ3) is 2.22. The molecular formula is C14H24N2O. The van der Waals surface area contributed by atoms with Gasteiger partial charge in [-0.25, -0.2) is 5.01 Å². The van der Waals surface area contributed by atoms with Crippen molar-refractivity contribution in [1.29, 1.82) is 0 Å². The SMILES string of the molecule is CC1CCCC(C)N1NC(=O)C1CC2CC2C1. The van der Waals surface area contributed by atoms with Crippen molar-refractivity contribution in [1.82, 2.24) is 10.4 Å². The van der Waals surface area contributed by atoms with Gasteiger partial charge in [-0.05, 0) is 57.8 Å². The van der Waals surface area contributed by atoms with E-state index in [4.69, 9.17) is 0 Å². The van der Waals surface area contributed by atoms with Crippen molar-refractivity contribution in [2.24, 2.45) is 17.8 Å². The maximum atomic E-state index is 12.2. The van der Waals surface area contributed by atoms with Crippen molar-refractivity contribution in [3.63, 3.8) is 0 Å². The van der Waals surface area contributed by atoms with Gasteiger partial charge in [-0.3, -0.25) is 10.2 Å². The second kappa shape index (κ2) is 4.27. The molecule has 2 saturated carbocycles. The number of piperidine rings is 1. The lowest BCUT2D eigenvalue weighted by Crippen LogP contribution is -2.55. The number of carbonyl (C=O) groups is 1. The topological polar surface area (TPSA) is 32.3 Å². The Morgan fingerprint density at radius 3 is 2.24 bits per heavy atom. The molecule has 3 nitrogen and oxygen atoms in total. The number of hydrazine groups is 1. The smallest absolute Gasteiger partial charge is 0.237 e. The third-order valence-electron chi connectivity index (χ3n) is 5.05. The van der Waals surface area contributed by atoms with Crippen LogP contribution >= 0.6 is 0 Å². The van der Waals surface area contributed by atoms with Crippen LogP contribution in [0.5, 0.6) is 0 Å². The summed E-state index contributed by atoms with van der Waals surface area (Å²) in [4.78, 5) is 12.2. The van der Waals surface area contributed by atoms with E-state index in [1.807, 2.05) is 0 Å². The fourth-order valence-corrected chi connectivity index (χ4v) is 3.79. The lowest BCUT2D eigenvalue weighted by atomic mass is 9.99. The summed E-state index contributed by atoms with van der Waals surface area (Å²) in [5.74, 6) is 2.38. The number of amides is 1. The van der Waals surface area contributed by atoms with Crippen LogP contribution in [0, 0.1) is 17.8 Å². The number of nitrogens with zero attached hydrogens (tertiary/aromatic N) is 1. The van der Waals surface area contributed by atoms with E-state index in [0.29, 0.717) is 18.0 Å². The second-order valence-corrected chi connectivity index (χ2v) is 6.44. The molecule has 4 unspecified atom stereocenters. The third-order valence-corrected chi connectivity index (χ3v) is 5.05. The molecular weight excluding hydrogens is 212 g/mol. The molecule has 3 heteroatoms. The minimum Gasteiger partial charge on any atom is -0.288 e. The van der Waals surface area contributed by atoms with Crippen LogP contribution in [0.15, 0.2) is 0 Å². The Balaban J connectivity index is 1.56. The molecule has 0 aromatic carbocycles. The van der Waals surface area contributed by atoms with E-state index >= 15 is 0 Å². The predicted octanol–water partition coefficient (Wildman–Crippen LogP) is 2.33. The van der Waals surface area contributed by atoms with Gasteiger partial charge < -0.3 is 0 Å². The first kappa shape index (κ1) is 11.5.